The average molecular weight is 381 g/mol. The molecule has 0 aliphatic carbocycles. The number of nitrogens with one attached hydrogen (secondary N) is 1. The molecule has 1 aromatic heterocycles. The van der Waals surface area contributed by atoms with Crippen molar-refractivity contribution >= 4 is 33.9 Å². The molecule has 1 unspecified atom stereocenters. The molecule has 102 valence electrons. The molecule has 5 heteroatoms. The Morgan fingerprint density at radius 3 is 2.75 bits per heavy atom. The highest BCUT2D eigenvalue weighted by Crippen LogP contribution is 2.37. The molecule has 0 bridgehead atoms. The third-order valence-electron chi connectivity index (χ3n) is 3.09. The molecular formula is C15H12INO3. The van der Waals surface area contributed by atoms with Gasteiger partial charge in [0.05, 0.1) is 11.8 Å². The molecular weight excluding hydrogens is 369 g/mol. The summed E-state index contributed by atoms with van der Waals surface area (Å²) in [6.45, 7) is 0. The quantitative estimate of drug-likeness (QED) is 0.831. The Balaban J connectivity index is 2.02. The molecule has 0 amide bonds. The summed E-state index contributed by atoms with van der Waals surface area (Å²) in [4.78, 5) is 12.6. The lowest BCUT2D eigenvalue weighted by Gasteiger charge is -2.07. The molecule has 3 rings (SSSR count). The van der Waals surface area contributed by atoms with E-state index in [1.165, 1.54) is 6.26 Å². The Kier molecular flexibility index (Phi) is 3.52. The van der Waals surface area contributed by atoms with Crippen LogP contribution in [0.4, 0.5) is 0 Å². The van der Waals surface area contributed by atoms with Crippen molar-refractivity contribution in [3.05, 3.63) is 63.4 Å². The average Bonchev–Trinajstić information content (AvgIpc) is 3.05. The van der Waals surface area contributed by atoms with E-state index in [4.69, 9.17) is 9.15 Å². The Bertz CT molecular complexity index is 676. The van der Waals surface area contributed by atoms with Gasteiger partial charge in [0.15, 0.2) is 11.6 Å². The Hall–Kier alpha value is -1.76. The summed E-state index contributed by atoms with van der Waals surface area (Å²) in [7, 11) is 1.74. The van der Waals surface area contributed by atoms with Gasteiger partial charge < -0.3 is 14.5 Å². The molecule has 1 aromatic carbocycles. The molecule has 1 aliphatic rings. The van der Waals surface area contributed by atoms with E-state index in [2.05, 4.69) is 27.9 Å². The van der Waals surface area contributed by atoms with Crippen LogP contribution in [0.25, 0.3) is 5.57 Å². The van der Waals surface area contributed by atoms with Crippen molar-refractivity contribution in [3.63, 3.8) is 0 Å². The minimum absolute atomic E-state index is 0.0914. The number of halogens is 1. The van der Waals surface area contributed by atoms with Gasteiger partial charge in [-0.25, -0.2) is 0 Å². The fraction of sp³-hybridized carbons (Fsp3) is 0.133. The number of carbonyl (C=O) groups is 1. The van der Waals surface area contributed by atoms with Crippen molar-refractivity contribution in [1.29, 1.82) is 0 Å². The minimum atomic E-state index is -0.708. The van der Waals surface area contributed by atoms with Crippen LogP contribution in [0, 0.1) is 3.57 Å². The van der Waals surface area contributed by atoms with Crippen LogP contribution < -0.4 is 5.32 Å². The van der Waals surface area contributed by atoms with Crippen molar-refractivity contribution in [1.82, 2.24) is 5.32 Å². The molecule has 2 heterocycles. The van der Waals surface area contributed by atoms with Crippen LogP contribution in [0.2, 0.25) is 0 Å². The van der Waals surface area contributed by atoms with E-state index in [0.29, 0.717) is 17.2 Å². The summed E-state index contributed by atoms with van der Waals surface area (Å²) in [5.41, 5.74) is 1.41. The maximum absolute atomic E-state index is 12.6. The summed E-state index contributed by atoms with van der Waals surface area (Å²) in [5.74, 6) is 0.910. The maximum Gasteiger partial charge on any atom is 0.220 e. The first-order valence-electron chi connectivity index (χ1n) is 6.13. The van der Waals surface area contributed by atoms with Crippen LogP contribution in [-0.2, 0) is 9.53 Å². The van der Waals surface area contributed by atoms with Crippen molar-refractivity contribution in [2.24, 2.45) is 0 Å². The fourth-order valence-corrected chi connectivity index (χ4v) is 2.75. The Morgan fingerprint density at radius 2 is 2.10 bits per heavy atom. The molecule has 2 aromatic rings. The van der Waals surface area contributed by atoms with E-state index in [9.17, 15) is 4.79 Å². The minimum Gasteiger partial charge on any atom is -0.465 e. The zero-order chi connectivity index (χ0) is 14.1. The van der Waals surface area contributed by atoms with Crippen molar-refractivity contribution in [2.45, 2.75) is 6.10 Å². The molecule has 4 nitrogen and oxygen atoms in total. The van der Waals surface area contributed by atoms with Crippen LogP contribution in [0.1, 0.15) is 17.4 Å². The third kappa shape index (κ3) is 2.22. The SMILES string of the molecule is CNC1=C(c2cccc(I)c2)C(=O)C(c2ccco2)O1. The number of carbonyl (C=O) groups excluding carboxylic acids is 1. The van der Waals surface area contributed by atoms with Crippen molar-refractivity contribution < 1.29 is 13.9 Å². The van der Waals surface area contributed by atoms with E-state index in [-0.39, 0.29) is 5.78 Å². The zero-order valence-corrected chi connectivity index (χ0v) is 12.9. The van der Waals surface area contributed by atoms with E-state index < -0.39 is 6.10 Å². The fourth-order valence-electron chi connectivity index (χ4n) is 2.20. The third-order valence-corrected chi connectivity index (χ3v) is 3.76. The van der Waals surface area contributed by atoms with Gasteiger partial charge in [0, 0.05) is 10.6 Å². The lowest BCUT2D eigenvalue weighted by atomic mass is 10.00. The monoisotopic (exact) mass is 381 g/mol. The van der Waals surface area contributed by atoms with E-state index in [1.807, 2.05) is 24.3 Å². The van der Waals surface area contributed by atoms with E-state index >= 15 is 0 Å². The number of ketones is 1. The largest absolute Gasteiger partial charge is 0.465 e. The molecule has 20 heavy (non-hydrogen) atoms. The van der Waals surface area contributed by atoms with Gasteiger partial charge in [0.1, 0.15) is 0 Å². The van der Waals surface area contributed by atoms with Gasteiger partial charge in [-0.15, -0.1) is 0 Å². The van der Waals surface area contributed by atoms with Gasteiger partial charge in [-0.05, 0) is 52.4 Å². The summed E-state index contributed by atoms with van der Waals surface area (Å²) in [6.07, 6.45) is 0.828. The number of hydrogen-bond donors (Lipinski definition) is 1. The molecule has 0 fully saturated rings. The highest BCUT2D eigenvalue weighted by molar-refractivity contribution is 14.1. The number of benzene rings is 1. The number of hydrogen-bond acceptors (Lipinski definition) is 4. The molecule has 0 saturated carbocycles. The summed E-state index contributed by atoms with van der Waals surface area (Å²) < 4.78 is 12.1. The smallest absolute Gasteiger partial charge is 0.220 e. The van der Waals surface area contributed by atoms with Gasteiger partial charge in [-0.3, -0.25) is 4.79 Å². The zero-order valence-electron chi connectivity index (χ0n) is 10.7. The van der Waals surface area contributed by atoms with Crippen LogP contribution in [-0.4, -0.2) is 12.8 Å². The number of furan rings is 1. The predicted octanol–water partition coefficient (Wildman–Crippen LogP) is 3.11. The lowest BCUT2D eigenvalue weighted by molar-refractivity contribution is -0.121. The standard InChI is InChI=1S/C15H12INO3/c1-17-15-12(9-4-2-5-10(16)8-9)13(18)14(20-15)11-6-3-7-19-11/h2-8,14,17H,1H3. The number of rotatable bonds is 3. The molecule has 1 atom stereocenters. The first-order chi connectivity index (χ1) is 9.70. The molecule has 1 aliphatic heterocycles. The topological polar surface area (TPSA) is 51.5 Å². The summed E-state index contributed by atoms with van der Waals surface area (Å²) >= 11 is 2.22. The second-order valence-corrected chi connectivity index (χ2v) is 5.59. The van der Waals surface area contributed by atoms with Gasteiger partial charge in [-0.2, -0.15) is 0 Å². The van der Waals surface area contributed by atoms with Crippen LogP contribution in [0.15, 0.2) is 53.0 Å². The highest BCUT2D eigenvalue weighted by Gasteiger charge is 2.38. The molecule has 0 saturated heterocycles. The van der Waals surface area contributed by atoms with Crippen LogP contribution in [0.3, 0.4) is 0 Å². The summed E-state index contributed by atoms with van der Waals surface area (Å²) in [5, 5.41) is 2.95. The molecule has 1 N–H and O–H groups in total. The first-order valence-corrected chi connectivity index (χ1v) is 7.21. The van der Waals surface area contributed by atoms with E-state index in [0.717, 1.165) is 9.13 Å². The second-order valence-electron chi connectivity index (χ2n) is 4.34. The number of Topliss-reactive ketones (excluding diaryl/α,β-unsaturated/α-hetero) is 1. The maximum atomic E-state index is 12.6. The first kappa shape index (κ1) is 13.2. The van der Waals surface area contributed by atoms with Crippen molar-refractivity contribution in [3.8, 4) is 0 Å². The molecule has 0 spiro atoms. The van der Waals surface area contributed by atoms with Gasteiger partial charge >= 0.3 is 0 Å². The second kappa shape index (κ2) is 5.32. The van der Waals surface area contributed by atoms with Gasteiger partial charge in [0.25, 0.3) is 0 Å². The summed E-state index contributed by atoms with van der Waals surface area (Å²) in [6, 6.07) is 11.3. The highest BCUT2D eigenvalue weighted by atomic mass is 127. The van der Waals surface area contributed by atoms with Gasteiger partial charge in [0.2, 0.25) is 11.9 Å². The van der Waals surface area contributed by atoms with E-state index in [1.54, 1.807) is 19.2 Å². The Labute approximate surface area is 129 Å². The predicted molar refractivity (Wildman–Crippen MR) is 82.7 cm³/mol. The van der Waals surface area contributed by atoms with Crippen LogP contribution >= 0.6 is 22.6 Å². The Morgan fingerprint density at radius 1 is 1.25 bits per heavy atom. The van der Waals surface area contributed by atoms with Gasteiger partial charge in [-0.1, -0.05) is 12.1 Å². The normalized spacial score (nSPS) is 18.3. The van der Waals surface area contributed by atoms with Crippen molar-refractivity contribution in [2.75, 3.05) is 7.05 Å². The lowest BCUT2D eigenvalue weighted by Crippen LogP contribution is -2.09. The van der Waals surface area contributed by atoms with Crippen LogP contribution in [0.5, 0.6) is 0 Å². The molecule has 0 radical (unpaired) electrons. The number of ether oxygens (including phenoxy) is 1.